The number of nitrogens with two attached hydrogens (primary N) is 1. The molecule has 1 fully saturated rings. The average molecular weight is 533 g/mol. The van der Waals surface area contributed by atoms with Gasteiger partial charge in [0.15, 0.2) is 6.23 Å². The number of hydrogen-bond donors (Lipinski definition) is 4. The van der Waals surface area contributed by atoms with Crippen molar-refractivity contribution in [1.29, 1.82) is 0 Å². The summed E-state index contributed by atoms with van der Waals surface area (Å²) in [7, 11) is 0. The number of aliphatic hydroxyl groups is 2. The second-order valence-corrected chi connectivity index (χ2v) is 9.54. The first-order chi connectivity index (χ1) is 18.5. The predicted molar refractivity (Wildman–Crippen MR) is 144 cm³/mol. The Hall–Kier alpha value is -3.96. The number of ether oxygens (including phenoxy) is 2. The molecule has 38 heavy (non-hydrogen) atoms. The van der Waals surface area contributed by atoms with Crippen molar-refractivity contribution in [3.8, 4) is 5.75 Å². The third-order valence-corrected chi connectivity index (χ3v) is 6.87. The quantitative estimate of drug-likeness (QED) is 0.248. The summed E-state index contributed by atoms with van der Waals surface area (Å²) in [6.45, 7) is 0.645. The van der Waals surface area contributed by atoms with Gasteiger partial charge in [-0.15, -0.1) is 0 Å². The molecule has 0 saturated carbocycles. The van der Waals surface area contributed by atoms with Crippen molar-refractivity contribution in [2.75, 3.05) is 17.7 Å². The smallest absolute Gasteiger partial charge is 0.164 e. The summed E-state index contributed by atoms with van der Waals surface area (Å²) < 4.78 is 13.6. The van der Waals surface area contributed by atoms with Crippen LogP contribution in [-0.4, -0.2) is 54.7 Å². The monoisotopic (exact) mass is 532 g/mol. The summed E-state index contributed by atoms with van der Waals surface area (Å²) in [5.41, 5.74) is 8.27. The standard InChI is InChI=1S/C27H25ClN6O4/c28-17-5-1-15(2-6-17)12-30-22-8-4-16-3-7-18(11-20(16)33-22)37-13-21-23(35)24(36)27(38-21)34-10-9-19-25(29)31-14-32-26(19)34/h1-11,14,21,23-24,27,35-36H,12-13H2,(H,30,33)(H2,29,31,32)/t21-,23-,24-,27-/m1/s1. The van der Waals surface area contributed by atoms with E-state index in [2.05, 4.69) is 15.3 Å². The molecule has 4 atom stereocenters. The topological polar surface area (TPSA) is 141 Å². The normalized spacial score (nSPS) is 21.2. The molecule has 194 valence electrons. The minimum Gasteiger partial charge on any atom is -0.491 e. The Balaban J connectivity index is 1.13. The summed E-state index contributed by atoms with van der Waals surface area (Å²) in [5.74, 6) is 1.63. The van der Waals surface area contributed by atoms with Gasteiger partial charge in [-0.1, -0.05) is 23.7 Å². The Morgan fingerprint density at radius 2 is 1.84 bits per heavy atom. The third kappa shape index (κ3) is 4.70. The summed E-state index contributed by atoms with van der Waals surface area (Å²) in [4.78, 5) is 12.9. The van der Waals surface area contributed by atoms with Crippen LogP contribution in [0.25, 0.3) is 21.9 Å². The molecule has 2 aromatic carbocycles. The molecule has 11 heteroatoms. The number of rotatable bonds is 7. The zero-order valence-electron chi connectivity index (χ0n) is 20.1. The molecule has 3 aromatic heterocycles. The Bertz CT molecular complexity index is 1590. The number of aliphatic hydroxyl groups excluding tert-OH is 2. The Morgan fingerprint density at radius 1 is 1.03 bits per heavy atom. The summed E-state index contributed by atoms with van der Waals surface area (Å²) in [6.07, 6.45) is -0.895. The van der Waals surface area contributed by atoms with Crippen LogP contribution in [0.4, 0.5) is 11.6 Å². The van der Waals surface area contributed by atoms with Gasteiger partial charge in [-0.25, -0.2) is 15.0 Å². The van der Waals surface area contributed by atoms with E-state index in [0.717, 1.165) is 22.3 Å². The van der Waals surface area contributed by atoms with Crippen molar-refractivity contribution in [3.63, 3.8) is 0 Å². The van der Waals surface area contributed by atoms with Gasteiger partial charge in [-0.3, -0.25) is 0 Å². The van der Waals surface area contributed by atoms with Gasteiger partial charge in [0.05, 0.1) is 10.9 Å². The highest BCUT2D eigenvalue weighted by Crippen LogP contribution is 2.33. The molecule has 5 aromatic rings. The lowest BCUT2D eigenvalue weighted by molar-refractivity contribution is -0.0471. The zero-order valence-corrected chi connectivity index (χ0v) is 20.9. The van der Waals surface area contributed by atoms with E-state index in [1.54, 1.807) is 16.8 Å². The minimum atomic E-state index is -1.18. The van der Waals surface area contributed by atoms with Crippen LogP contribution < -0.4 is 15.8 Å². The molecule has 1 aliphatic rings. The van der Waals surface area contributed by atoms with Crippen LogP contribution in [0.2, 0.25) is 5.02 Å². The first kappa shape index (κ1) is 24.4. The van der Waals surface area contributed by atoms with Gasteiger partial charge in [-0.05, 0) is 48.0 Å². The number of benzene rings is 2. The minimum absolute atomic E-state index is 0.0328. The van der Waals surface area contributed by atoms with Crippen LogP contribution in [0.3, 0.4) is 0 Å². The Kier molecular flexibility index (Phi) is 6.46. The zero-order chi connectivity index (χ0) is 26.2. The molecule has 0 unspecified atom stereocenters. The number of anilines is 2. The van der Waals surface area contributed by atoms with Gasteiger partial charge in [0.1, 0.15) is 54.3 Å². The second kappa shape index (κ2) is 10.1. The molecule has 1 aliphatic heterocycles. The van der Waals surface area contributed by atoms with Crippen LogP contribution in [0.1, 0.15) is 11.8 Å². The molecule has 1 saturated heterocycles. The number of hydrogen-bond acceptors (Lipinski definition) is 9. The molecule has 0 bridgehead atoms. The van der Waals surface area contributed by atoms with E-state index in [1.165, 1.54) is 6.33 Å². The fourth-order valence-corrected chi connectivity index (χ4v) is 4.68. The van der Waals surface area contributed by atoms with E-state index in [9.17, 15) is 10.2 Å². The number of pyridine rings is 1. The van der Waals surface area contributed by atoms with E-state index < -0.39 is 24.5 Å². The maximum Gasteiger partial charge on any atom is 0.164 e. The van der Waals surface area contributed by atoms with Gasteiger partial charge in [0, 0.05) is 29.2 Å². The molecular weight excluding hydrogens is 508 g/mol. The first-order valence-corrected chi connectivity index (χ1v) is 12.4. The number of nitrogens with one attached hydrogen (secondary N) is 1. The summed E-state index contributed by atoms with van der Waals surface area (Å²) in [5, 5.41) is 27.0. The highest BCUT2D eigenvalue weighted by atomic mass is 35.5. The fourth-order valence-electron chi connectivity index (χ4n) is 4.55. The van der Waals surface area contributed by atoms with Crippen molar-refractivity contribution in [2.24, 2.45) is 0 Å². The van der Waals surface area contributed by atoms with Gasteiger partial charge < -0.3 is 35.3 Å². The van der Waals surface area contributed by atoms with Gasteiger partial charge in [0.2, 0.25) is 0 Å². The number of nitrogens with zero attached hydrogens (tertiary/aromatic N) is 4. The highest BCUT2D eigenvalue weighted by Gasteiger charge is 2.44. The SMILES string of the molecule is Nc1ncnc2c1ccn2[C@@H]1O[C@H](COc2ccc3ccc(NCc4ccc(Cl)cc4)nc3c2)[C@@H](O)[C@H]1O. The van der Waals surface area contributed by atoms with Crippen LogP contribution in [0.15, 0.2) is 73.2 Å². The predicted octanol–water partition coefficient (Wildman–Crippen LogP) is 3.53. The van der Waals surface area contributed by atoms with Gasteiger partial charge in [-0.2, -0.15) is 0 Å². The third-order valence-electron chi connectivity index (χ3n) is 6.62. The van der Waals surface area contributed by atoms with Crippen molar-refractivity contribution in [2.45, 2.75) is 31.1 Å². The van der Waals surface area contributed by atoms with E-state index in [-0.39, 0.29) is 6.61 Å². The largest absolute Gasteiger partial charge is 0.491 e. The molecule has 0 radical (unpaired) electrons. The number of aromatic nitrogens is 4. The average Bonchev–Trinajstić information content (AvgIpc) is 3.48. The molecule has 0 aliphatic carbocycles. The fraction of sp³-hybridized carbons (Fsp3) is 0.222. The van der Waals surface area contributed by atoms with E-state index in [1.807, 2.05) is 54.6 Å². The van der Waals surface area contributed by atoms with Crippen LogP contribution in [0, 0.1) is 0 Å². The van der Waals surface area contributed by atoms with Crippen molar-refractivity contribution >= 4 is 45.2 Å². The summed E-state index contributed by atoms with van der Waals surface area (Å²) in [6, 6.07) is 18.9. The Labute approximate surface area is 222 Å². The number of fused-ring (bicyclic) bond motifs is 2. The lowest BCUT2D eigenvalue weighted by atomic mass is 10.1. The van der Waals surface area contributed by atoms with Gasteiger partial charge in [0.25, 0.3) is 0 Å². The van der Waals surface area contributed by atoms with Gasteiger partial charge >= 0.3 is 0 Å². The molecule has 4 heterocycles. The lowest BCUT2D eigenvalue weighted by Crippen LogP contribution is -2.34. The maximum absolute atomic E-state index is 10.7. The van der Waals surface area contributed by atoms with Crippen molar-refractivity contribution in [3.05, 3.63) is 83.8 Å². The van der Waals surface area contributed by atoms with E-state index in [0.29, 0.717) is 34.2 Å². The second-order valence-electron chi connectivity index (χ2n) is 9.11. The maximum atomic E-state index is 10.7. The molecule has 0 amide bonds. The Morgan fingerprint density at radius 3 is 2.68 bits per heavy atom. The van der Waals surface area contributed by atoms with Crippen LogP contribution in [-0.2, 0) is 11.3 Å². The molecule has 5 N–H and O–H groups in total. The number of nitrogen functional groups attached to an aromatic ring is 1. The van der Waals surface area contributed by atoms with Crippen molar-refractivity contribution < 1.29 is 19.7 Å². The van der Waals surface area contributed by atoms with Crippen LogP contribution in [0.5, 0.6) is 5.75 Å². The van der Waals surface area contributed by atoms with Crippen LogP contribution >= 0.6 is 11.6 Å². The molecule has 6 rings (SSSR count). The molecular formula is C27H25ClN6O4. The molecule has 10 nitrogen and oxygen atoms in total. The first-order valence-electron chi connectivity index (χ1n) is 12.1. The highest BCUT2D eigenvalue weighted by molar-refractivity contribution is 6.30. The molecule has 0 spiro atoms. The number of halogens is 1. The van der Waals surface area contributed by atoms with E-state index in [4.69, 9.17) is 31.8 Å². The van der Waals surface area contributed by atoms with Crippen molar-refractivity contribution in [1.82, 2.24) is 19.5 Å². The lowest BCUT2D eigenvalue weighted by Gasteiger charge is -2.17. The summed E-state index contributed by atoms with van der Waals surface area (Å²) >= 11 is 5.96. The van der Waals surface area contributed by atoms with E-state index >= 15 is 0 Å².